The van der Waals surface area contributed by atoms with Crippen molar-refractivity contribution < 1.29 is 40.2 Å². The summed E-state index contributed by atoms with van der Waals surface area (Å²) in [6, 6.07) is 23.6. The maximum Gasteiger partial charge on any atom is 0.357 e. The Morgan fingerprint density at radius 1 is 0.881 bits per heavy atom. The first-order valence-corrected chi connectivity index (χ1v) is 18.1. The van der Waals surface area contributed by atoms with E-state index in [-0.39, 0.29) is 44.8 Å². The van der Waals surface area contributed by atoms with Gasteiger partial charge in [-0.05, 0) is 122 Å². The summed E-state index contributed by atoms with van der Waals surface area (Å²) < 4.78 is 20.5. The number of benzene rings is 3. The molecule has 3 aromatic carbocycles. The number of hydrogen-bond donors (Lipinski definition) is 0. The number of ether oxygens (including phenoxy) is 3. The number of carbonyl (C=O) groups is 1. The molecule has 0 N–H and O–H groups in total. The van der Waals surface area contributed by atoms with Gasteiger partial charge in [-0.25, -0.2) is 4.79 Å². The van der Waals surface area contributed by atoms with Crippen LogP contribution in [0.4, 0.5) is 0 Å². The van der Waals surface area contributed by atoms with E-state index in [0.29, 0.717) is 17.6 Å². The summed E-state index contributed by atoms with van der Waals surface area (Å²) in [5, 5.41) is 0. The van der Waals surface area contributed by atoms with Crippen LogP contribution in [-0.4, -0.2) is 25.3 Å². The average Bonchev–Trinajstić information content (AvgIpc) is 2.95. The zero-order chi connectivity index (χ0) is 29.5. The lowest BCUT2D eigenvalue weighted by molar-refractivity contribution is -0.597. The highest BCUT2D eigenvalue weighted by Crippen LogP contribution is 2.59. The molecule has 0 saturated heterocycles. The minimum absolute atomic E-state index is 0.0510. The third kappa shape index (κ3) is 6.50. The Bertz CT molecular complexity index is 1380. The second kappa shape index (κ2) is 12.1. The Balaban J connectivity index is 1.05. The van der Waals surface area contributed by atoms with Crippen LogP contribution >= 0.6 is 11.8 Å². The van der Waals surface area contributed by atoms with Gasteiger partial charge in [0.2, 0.25) is 0 Å². The quantitative estimate of drug-likeness (QED) is 0.221. The van der Waals surface area contributed by atoms with Crippen molar-refractivity contribution in [2.75, 3.05) is 13.7 Å². The van der Waals surface area contributed by atoms with Crippen molar-refractivity contribution in [1.82, 2.24) is 0 Å². The zero-order valence-electron chi connectivity index (χ0n) is 25.3. The molecule has 0 atom stereocenters. The van der Waals surface area contributed by atoms with Gasteiger partial charge in [-0.15, -0.1) is 0 Å². The van der Waals surface area contributed by atoms with Gasteiger partial charge in [0, 0.05) is 11.0 Å². The summed E-state index contributed by atoms with van der Waals surface area (Å²) in [6.07, 6.45) is 6.27. The number of carbonyl (C=O) groups excluding carboxylic acids is 1. The summed E-state index contributed by atoms with van der Waals surface area (Å²) in [4.78, 5) is 15.0. The molecule has 0 radical (unpaired) electrons. The van der Waals surface area contributed by atoms with Gasteiger partial charge in [-0.3, -0.25) is 0 Å². The molecule has 4 nitrogen and oxygen atoms in total. The van der Waals surface area contributed by atoms with Crippen molar-refractivity contribution in [3.8, 4) is 11.5 Å². The van der Waals surface area contributed by atoms with Crippen molar-refractivity contribution in [3.05, 3.63) is 79.4 Å². The molecule has 0 heterocycles. The normalized spacial score (nSPS) is 26.2. The van der Waals surface area contributed by atoms with Gasteiger partial charge < -0.3 is 14.2 Å². The molecule has 4 bridgehead atoms. The van der Waals surface area contributed by atoms with E-state index < -0.39 is 0 Å². The number of halogens is 1. The van der Waals surface area contributed by atoms with E-state index in [4.69, 9.17) is 14.2 Å². The van der Waals surface area contributed by atoms with Crippen molar-refractivity contribution in [2.45, 2.75) is 80.6 Å². The summed E-state index contributed by atoms with van der Waals surface area (Å²) in [5.41, 5.74) is 1.21. The van der Waals surface area contributed by atoms with Crippen molar-refractivity contribution in [2.24, 2.45) is 23.7 Å². The first-order chi connectivity index (χ1) is 20.1. The predicted molar refractivity (Wildman–Crippen MR) is 163 cm³/mol. The fourth-order valence-corrected chi connectivity index (χ4v) is 10.8. The lowest BCUT2D eigenvalue weighted by atomic mass is 9.50. The van der Waals surface area contributed by atoms with Gasteiger partial charge in [0.1, 0.15) is 17.1 Å². The molecule has 4 aliphatic rings. The third-order valence-electron chi connectivity index (χ3n) is 9.56. The smallest absolute Gasteiger partial charge is 0.357 e. The van der Waals surface area contributed by atoms with Crippen LogP contribution in [0.1, 0.15) is 65.4 Å². The van der Waals surface area contributed by atoms with Crippen LogP contribution in [0, 0.1) is 30.8 Å². The minimum atomic E-state index is -0.319. The van der Waals surface area contributed by atoms with E-state index >= 15 is 0 Å². The van der Waals surface area contributed by atoms with E-state index in [1.54, 1.807) is 18.9 Å². The molecule has 3 aromatic rings. The Morgan fingerprint density at radius 2 is 1.50 bits per heavy atom. The van der Waals surface area contributed by atoms with E-state index in [1.165, 1.54) is 44.8 Å². The van der Waals surface area contributed by atoms with Crippen LogP contribution in [0.25, 0.3) is 0 Å². The van der Waals surface area contributed by atoms with Crippen LogP contribution in [0.5, 0.6) is 11.5 Å². The highest BCUT2D eigenvalue weighted by molar-refractivity contribution is 7.99. The third-order valence-corrected chi connectivity index (χ3v) is 13.2. The number of esters is 1. The van der Waals surface area contributed by atoms with Crippen LogP contribution in [0.3, 0.4) is 0 Å². The molecule has 4 saturated carbocycles. The van der Waals surface area contributed by atoms with Gasteiger partial charge in [0.15, 0.2) is 13.7 Å². The van der Waals surface area contributed by atoms with Gasteiger partial charge >= 0.3 is 27.2 Å². The number of hydrogen-bond acceptors (Lipinski definition) is 5. The molecule has 0 aromatic heterocycles. The molecule has 0 spiro atoms. The monoisotopic (exact) mass is 697 g/mol. The molecule has 7 rings (SSSR count). The van der Waals surface area contributed by atoms with Crippen LogP contribution < -0.4 is 30.7 Å². The van der Waals surface area contributed by atoms with Crippen molar-refractivity contribution in [3.63, 3.8) is 0 Å². The first-order valence-electron chi connectivity index (χ1n) is 15.1. The molecule has 4 fully saturated rings. The highest BCUT2D eigenvalue weighted by Gasteiger charge is 2.57. The van der Waals surface area contributed by atoms with Gasteiger partial charge in [-0.2, -0.15) is 0 Å². The summed E-state index contributed by atoms with van der Waals surface area (Å²) in [5.74, 6) is 4.03. The molecule has 4 aliphatic carbocycles. The van der Waals surface area contributed by atoms with E-state index in [9.17, 15) is 4.79 Å². The van der Waals surface area contributed by atoms with Crippen molar-refractivity contribution in [1.29, 1.82) is 0 Å². The largest absolute Gasteiger partial charge is 0.496 e. The second-order valence-corrected chi connectivity index (χ2v) is 17.6. The van der Waals surface area contributed by atoms with Gasteiger partial charge in [0.05, 0.1) is 12.0 Å². The Hall–Kier alpha value is -2.19. The van der Waals surface area contributed by atoms with E-state index in [1.807, 2.05) is 24.3 Å². The molecule has 0 amide bonds. The SMILES string of the molecule is COc1ccc([I+]c2ccc(C(C)(C)C)cc2)cc1Sc1ccc(OCC(=O)OC2(C)C3CC4CC(C3)CC2C4)cc1. The summed E-state index contributed by atoms with van der Waals surface area (Å²) >= 11 is 1.39. The highest BCUT2D eigenvalue weighted by atomic mass is 127. The zero-order valence-corrected chi connectivity index (χ0v) is 28.3. The lowest BCUT2D eigenvalue weighted by Gasteiger charge is -2.59. The minimum Gasteiger partial charge on any atom is -0.496 e. The molecule has 6 heteroatoms. The Morgan fingerprint density at radius 3 is 2.10 bits per heavy atom. The van der Waals surface area contributed by atoms with Gasteiger partial charge in [0.25, 0.3) is 0 Å². The molecule has 0 aliphatic heterocycles. The molecular formula is C36H42IO4S+. The van der Waals surface area contributed by atoms with E-state index in [2.05, 4.69) is 70.2 Å². The predicted octanol–water partition coefficient (Wildman–Crippen LogP) is 5.41. The summed E-state index contributed by atoms with van der Waals surface area (Å²) in [6.45, 7) is 8.88. The Kier molecular flexibility index (Phi) is 8.58. The maximum atomic E-state index is 12.9. The topological polar surface area (TPSA) is 44.8 Å². The van der Waals surface area contributed by atoms with E-state index in [0.717, 1.165) is 27.4 Å². The fraction of sp³-hybridized carbons (Fsp3) is 0.472. The standard InChI is InChI=1S/C36H42IO4S/c1-35(2,3)25-6-8-28(9-7-25)37-29-10-15-32(39-5)33(21-29)42-31-13-11-30(12-14-31)40-22-34(38)41-36(4)26-17-23-16-24(19-26)20-27(36)18-23/h6-15,21,23-24,26-27H,16-20,22H2,1-5H3/q+1. The number of methoxy groups -OCH3 is 1. The Labute approximate surface area is 265 Å². The van der Waals surface area contributed by atoms with Crippen LogP contribution in [0.2, 0.25) is 0 Å². The molecular weight excluding hydrogens is 655 g/mol. The number of rotatable bonds is 9. The van der Waals surface area contributed by atoms with Crippen LogP contribution in [0.15, 0.2) is 76.5 Å². The fourth-order valence-electron chi connectivity index (χ4n) is 7.36. The molecule has 222 valence electrons. The lowest BCUT2D eigenvalue weighted by Crippen LogP contribution is -3.61. The summed E-state index contributed by atoms with van der Waals surface area (Å²) in [7, 11) is 1.72. The average molecular weight is 698 g/mol. The second-order valence-electron chi connectivity index (χ2n) is 13.5. The molecule has 0 unspecified atom stereocenters. The van der Waals surface area contributed by atoms with Crippen molar-refractivity contribution >= 4 is 17.7 Å². The van der Waals surface area contributed by atoms with Gasteiger partial charge in [-0.1, -0.05) is 44.7 Å². The van der Waals surface area contributed by atoms with Crippen LogP contribution in [-0.2, 0) is 14.9 Å². The maximum absolute atomic E-state index is 12.9. The first kappa shape index (κ1) is 29.9. The molecule has 42 heavy (non-hydrogen) atoms.